The molecule has 1 aliphatic rings. The summed E-state index contributed by atoms with van der Waals surface area (Å²) in [5.74, 6) is 0.303. The van der Waals surface area contributed by atoms with E-state index in [9.17, 15) is 9.18 Å². The second kappa shape index (κ2) is 8.90. The maximum absolute atomic E-state index is 13.3. The van der Waals surface area contributed by atoms with Crippen LogP contribution in [0, 0.1) is 15.3 Å². The van der Waals surface area contributed by atoms with E-state index in [1.165, 1.54) is 12.1 Å². The molecule has 1 fully saturated rings. The van der Waals surface area contributed by atoms with Gasteiger partial charge in [-0.25, -0.2) is 4.39 Å². The molecule has 1 aliphatic heterocycles. The van der Waals surface area contributed by atoms with E-state index in [4.69, 9.17) is 0 Å². The van der Waals surface area contributed by atoms with Gasteiger partial charge in [-0.1, -0.05) is 0 Å². The Labute approximate surface area is 145 Å². The number of carbonyl (C=O) groups excluding carboxylic acids is 1. The van der Waals surface area contributed by atoms with E-state index < -0.39 is 0 Å². The number of hydrogen-bond donors (Lipinski definition) is 1. The third-order valence-corrected chi connectivity index (χ3v) is 4.80. The van der Waals surface area contributed by atoms with E-state index in [1.807, 2.05) is 11.9 Å². The van der Waals surface area contributed by atoms with Gasteiger partial charge in [0.1, 0.15) is 5.82 Å². The molecule has 0 aromatic heterocycles. The fourth-order valence-corrected chi connectivity index (χ4v) is 3.17. The van der Waals surface area contributed by atoms with E-state index in [0.717, 1.165) is 42.5 Å². The van der Waals surface area contributed by atoms with Crippen molar-refractivity contribution in [1.29, 1.82) is 0 Å². The minimum atomic E-state index is -0.349. The van der Waals surface area contributed by atoms with E-state index in [-0.39, 0.29) is 24.1 Å². The molecule has 0 saturated carbocycles. The average Bonchev–Trinajstić information content (AvgIpc) is 2.47. The molecule has 118 valence electrons. The number of nitrogens with zero attached hydrogens (tertiary/aromatic N) is 1. The molecule has 1 amide bonds. The highest BCUT2D eigenvalue weighted by atomic mass is 127. The Balaban J connectivity index is 0.00000220. The number of nitrogens with one attached hydrogen (secondary N) is 1. The molecule has 1 saturated heterocycles. The summed E-state index contributed by atoms with van der Waals surface area (Å²) in [5.41, 5.74) is 0.485. The molecule has 0 spiro atoms. The second-order valence-electron chi connectivity index (χ2n) is 5.25. The first-order valence-corrected chi connectivity index (χ1v) is 8.08. The average molecular weight is 427 g/mol. The SMILES string of the molecule is CNCCC1CCN(C(=O)c2cc(F)ccc2I)CC1.Cl. The van der Waals surface area contributed by atoms with Crippen molar-refractivity contribution in [3.05, 3.63) is 33.1 Å². The van der Waals surface area contributed by atoms with Gasteiger partial charge in [-0.3, -0.25) is 4.79 Å². The topological polar surface area (TPSA) is 32.3 Å². The van der Waals surface area contributed by atoms with E-state index >= 15 is 0 Å². The first kappa shape index (κ1) is 18.6. The Morgan fingerprint density at radius 1 is 1.43 bits per heavy atom. The van der Waals surface area contributed by atoms with Gasteiger partial charge in [0.15, 0.2) is 0 Å². The van der Waals surface area contributed by atoms with Gasteiger partial charge >= 0.3 is 0 Å². The summed E-state index contributed by atoms with van der Waals surface area (Å²) in [6, 6.07) is 4.39. The third kappa shape index (κ3) is 5.07. The molecule has 21 heavy (non-hydrogen) atoms. The van der Waals surface area contributed by atoms with Gasteiger partial charge in [0.2, 0.25) is 0 Å². The quantitative estimate of drug-likeness (QED) is 0.749. The third-order valence-electron chi connectivity index (χ3n) is 3.86. The van der Waals surface area contributed by atoms with Crippen LogP contribution in [0.1, 0.15) is 29.6 Å². The summed E-state index contributed by atoms with van der Waals surface area (Å²) in [6.45, 7) is 2.58. The molecule has 1 aromatic rings. The number of rotatable bonds is 4. The van der Waals surface area contributed by atoms with Gasteiger partial charge in [0.05, 0.1) is 5.56 Å². The van der Waals surface area contributed by atoms with Crippen molar-refractivity contribution < 1.29 is 9.18 Å². The molecule has 0 radical (unpaired) electrons. The van der Waals surface area contributed by atoms with Crippen LogP contribution >= 0.6 is 35.0 Å². The number of carbonyl (C=O) groups is 1. The van der Waals surface area contributed by atoms with Crippen molar-refractivity contribution in [3.63, 3.8) is 0 Å². The number of halogens is 3. The lowest BCUT2D eigenvalue weighted by atomic mass is 9.93. The molecule has 2 rings (SSSR count). The van der Waals surface area contributed by atoms with Crippen LogP contribution < -0.4 is 5.32 Å². The van der Waals surface area contributed by atoms with Crippen LogP contribution in [0.4, 0.5) is 4.39 Å². The smallest absolute Gasteiger partial charge is 0.255 e. The fraction of sp³-hybridized carbons (Fsp3) is 0.533. The van der Waals surface area contributed by atoms with Gasteiger partial charge in [0.25, 0.3) is 5.91 Å². The maximum atomic E-state index is 13.3. The predicted octanol–water partition coefficient (Wildman–Crippen LogP) is 3.31. The van der Waals surface area contributed by atoms with Crippen molar-refractivity contribution in [3.8, 4) is 0 Å². The summed E-state index contributed by atoms with van der Waals surface area (Å²) >= 11 is 2.09. The van der Waals surface area contributed by atoms with Crippen molar-refractivity contribution in [1.82, 2.24) is 10.2 Å². The Kier molecular flexibility index (Phi) is 7.90. The lowest BCUT2D eigenvalue weighted by Crippen LogP contribution is -2.39. The summed E-state index contributed by atoms with van der Waals surface area (Å²) in [6.07, 6.45) is 3.24. The van der Waals surface area contributed by atoms with Crippen LogP contribution in [0.2, 0.25) is 0 Å². The van der Waals surface area contributed by atoms with Crippen molar-refractivity contribution in [2.75, 3.05) is 26.7 Å². The monoisotopic (exact) mass is 426 g/mol. The van der Waals surface area contributed by atoms with Crippen molar-refractivity contribution in [2.24, 2.45) is 5.92 Å². The van der Waals surface area contributed by atoms with E-state index in [1.54, 1.807) is 6.07 Å². The molecule has 1 heterocycles. The molecule has 0 bridgehead atoms. The van der Waals surface area contributed by atoms with Gasteiger partial charge in [0, 0.05) is 16.7 Å². The zero-order chi connectivity index (χ0) is 14.5. The molecular formula is C15H21ClFIN2O. The van der Waals surface area contributed by atoms with Gasteiger partial charge in [-0.15, -0.1) is 12.4 Å². The molecular weight excluding hydrogens is 406 g/mol. The summed E-state index contributed by atoms with van der Waals surface area (Å²) in [4.78, 5) is 14.3. The van der Waals surface area contributed by atoms with Crippen LogP contribution in [-0.2, 0) is 0 Å². The number of amides is 1. The van der Waals surface area contributed by atoms with Crippen LogP contribution in [-0.4, -0.2) is 37.5 Å². The molecule has 0 unspecified atom stereocenters. The minimum absolute atomic E-state index is 0. The Morgan fingerprint density at radius 3 is 2.71 bits per heavy atom. The highest BCUT2D eigenvalue weighted by Gasteiger charge is 2.24. The molecule has 0 aliphatic carbocycles. The van der Waals surface area contributed by atoms with Crippen LogP contribution in [0.25, 0.3) is 0 Å². The minimum Gasteiger partial charge on any atom is -0.339 e. The lowest BCUT2D eigenvalue weighted by molar-refractivity contribution is 0.0685. The van der Waals surface area contributed by atoms with Crippen LogP contribution in [0.5, 0.6) is 0 Å². The largest absolute Gasteiger partial charge is 0.339 e. The maximum Gasteiger partial charge on any atom is 0.255 e. The molecule has 6 heteroatoms. The Hall–Kier alpha value is -0.400. The molecule has 3 nitrogen and oxygen atoms in total. The second-order valence-corrected chi connectivity index (χ2v) is 6.41. The number of benzene rings is 1. The first-order chi connectivity index (χ1) is 9.61. The number of likely N-dealkylation sites (tertiary alicyclic amines) is 1. The van der Waals surface area contributed by atoms with Crippen LogP contribution in [0.3, 0.4) is 0 Å². The summed E-state index contributed by atoms with van der Waals surface area (Å²) < 4.78 is 14.1. The van der Waals surface area contributed by atoms with Crippen LogP contribution in [0.15, 0.2) is 18.2 Å². The zero-order valence-electron chi connectivity index (χ0n) is 12.1. The highest BCUT2D eigenvalue weighted by Crippen LogP contribution is 2.23. The lowest BCUT2D eigenvalue weighted by Gasteiger charge is -2.32. The van der Waals surface area contributed by atoms with Crippen molar-refractivity contribution >= 4 is 40.9 Å². The predicted molar refractivity (Wildman–Crippen MR) is 93.5 cm³/mol. The standard InChI is InChI=1S/C15H20FIN2O.ClH/c1-18-7-4-11-5-8-19(9-6-11)15(20)13-10-12(16)2-3-14(13)17;/h2-3,10-11,18H,4-9H2,1H3;1H. The number of piperidine rings is 1. The molecule has 1 aromatic carbocycles. The van der Waals surface area contributed by atoms with Crippen molar-refractivity contribution in [2.45, 2.75) is 19.3 Å². The number of hydrogen-bond acceptors (Lipinski definition) is 2. The molecule has 1 N–H and O–H groups in total. The van der Waals surface area contributed by atoms with Gasteiger partial charge in [-0.2, -0.15) is 0 Å². The van der Waals surface area contributed by atoms with Gasteiger partial charge in [-0.05, 0) is 79.6 Å². The van der Waals surface area contributed by atoms with E-state index in [2.05, 4.69) is 27.9 Å². The zero-order valence-corrected chi connectivity index (χ0v) is 15.0. The normalized spacial score (nSPS) is 15.7. The Morgan fingerprint density at radius 2 is 2.10 bits per heavy atom. The highest BCUT2D eigenvalue weighted by molar-refractivity contribution is 14.1. The van der Waals surface area contributed by atoms with E-state index in [0.29, 0.717) is 11.5 Å². The summed E-state index contributed by atoms with van der Waals surface area (Å²) in [5, 5.41) is 3.17. The Bertz CT molecular complexity index is 479. The molecule has 0 atom stereocenters. The first-order valence-electron chi connectivity index (χ1n) is 7.00. The fourth-order valence-electron chi connectivity index (χ4n) is 2.60. The van der Waals surface area contributed by atoms with Gasteiger partial charge < -0.3 is 10.2 Å². The summed E-state index contributed by atoms with van der Waals surface area (Å²) in [7, 11) is 1.96.